The van der Waals surface area contributed by atoms with E-state index in [1.165, 1.54) is 19.3 Å². The average Bonchev–Trinajstić information content (AvgIpc) is 3.27. The van der Waals surface area contributed by atoms with Crippen molar-refractivity contribution in [2.24, 2.45) is 11.8 Å². The summed E-state index contributed by atoms with van der Waals surface area (Å²) >= 11 is 0. The third kappa shape index (κ3) is 2.42. The standard InChI is InChI=1S/C14H22N4/c1-9-6-11(9)8-18(3)13-7-12(15-2)16-14(17-13)10-4-5-10/h7,9-11H,4-6,8H2,1-3H3,(H,15,16,17). The molecule has 2 aliphatic carbocycles. The zero-order chi connectivity index (χ0) is 12.7. The van der Waals surface area contributed by atoms with E-state index in [0.29, 0.717) is 5.92 Å². The van der Waals surface area contributed by atoms with Crippen molar-refractivity contribution in [2.75, 3.05) is 30.9 Å². The molecule has 18 heavy (non-hydrogen) atoms. The Morgan fingerprint density at radius 2 is 2.11 bits per heavy atom. The molecule has 0 spiro atoms. The van der Waals surface area contributed by atoms with Gasteiger partial charge >= 0.3 is 0 Å². The minimum Gasteiger partial charge on any atom is -0.373 e. The van der Waals surface area contributed by atoms with Crippen LogP contribution in [0.4, 0.5) is 11.6 Å². The predicted octanol–water partition coefficient (Wildman–Crippen LogP) is 2.49. The number of nitrogens with zero attached hydrogens (tertiary/aromatic N) is 3. The van der Waals surface area contributed by atoms with Crippen LogP contribution in [0, 0.1) is 11.8 Å². The summed E-state index contributed by atoms with van der Waals surface area (Å²) in [5.41, 5.74) is 0. The molecular weight excluding hydrogens is 224 g/mol. The van der Waals surface area contributed by atoms with Crippen LogP contribution < -0.4 is 10.2 Å². The van der Waals surface area contributed by atoms with Gasteiger partial charge in [0, 0.05) is 32.6 Å². The fraction of sp³-hybridized carbons (Fsp3) is 0.714. The van der Waals surface area contributed by atoms with Crippen LogP contribution in [-0.4, -0.2) is 30.6 Å². The lowest BCUT2D eigenvalue weighted by molar-refractivity contribution is 0.715. The van der Waals surface area contributed by atoms with E-state index in [-0.39, 0.29) is 0 Å². The van der Waals surface area contributed by atoms with Crippen LogP contribution in [-0.2, 0) is 0 Å². The van der Waals surface area contributed by atoms with Crippen LogP contribution in [0.3, 0.4) is 0 Å². The van der Waals surface area contributed by atoms with Gasteiger partial charge in [-0.15, -0.1) is 0 Å². The highest BCUT2D eigenvalue weighted by molar-refractivity contribution is 5.49. The van der Waals surface area contributed by atoms with Crippen molar-refractivity contribution >= 4 is 11.6 Å². The third-order valence-corrected chi connectivity index (χ3v) is 4.10. The summed E-state index contributed by atoms with van der Waals surface area (Å²) in [5.74, 6) is 5.37. The second kappa shape index (κ2) is 4.41. The molecule has 4 heteroatoms. The van der Waals surface area contributed by atoms with Gasteiger partial charge in [0.05, 0.1) is 0 Å². The summed E-state index contributed by atoms with van der Waals surface area (Å²) < 4.78 is 0. The second-order valence-electron chi connectivity index (χ2n) is 5.85. The van der Waals surface area contributed by atoms with E-state index in [0.717, 1.165) is 35.8 Å². The molecule has 2 atom stereocenters. The summed E-state index contributed by atoms with van der Waals surface area (Å²) in [6.45, 7) is 3.44. The second-order valence-corrected chi connectivity index (χ2v) is 5.85. The predicted molar refractivity (Wildman–Crippen MR) is 74.1 cm³/mol. The Labute approximate surface area is 109 Å². The van der Waals surface area contributed by atoms with Crippen molar-refractivity contribution < 1.29 is 0 Å². The molecule has 0 aliphatic heterocycles. The number of hydrogen-bond acceptors (Lipinski definition) is 4. The minimum absolute atomic E-state index is 0.602. The van der Waals surface area contributed by atoms with E-state index >= 15 is 0 Å². The van der Waals surface area contributed by atoms with Gasteiger partial charge in [0.15, 0.2) is 0 Å². The van der Waals surface area contributed by atoms with Crippen molar-refractivity contribution in [3.05, 3.63) is 11.9 Å². The van der Waals surface area contributed by atoms with Crippen molar-refractivity contribution in [1.82, 2.24) is 9.97 Å². The van der Waals surface area contributed by atoms with E-state index < -0.39 is 0 Å². The first kappa shape index (κ1) is 11.8. The number of anilines is 2. The van der Waals surface area contributed by atoms with Gasteiger partial charge in [-0.1, -0.05) is 6.92 Å². The van der Waals surface area contributed by atoms with Gasteiger partial charge < -0.3 is 10.2 Å². The zero-order valence-electron chi connectivity index (χ0n) is 11.5. The Bertz CT molecular complexity index is 441. The highest BCUT2D eigenvalue weighted by Crippen LogP contribution is 2.40. The molecule has 98 valence electrons. The molecule has 1 N–H and O–H groups in total. The molecule has 2 saturated carbocycles. The fourth-order valence-electron chi connectivity index (χ4n) is 2.40. The molecule has 0 aromatic carbocycles. The molecule has 0 bridgehead atoms. The molecule has 0 radical (unpaired) electrons. The number of rotatable bonds is 5. The first-order chi connectivity index (χ1) is 8.67. The van der Waals surface area contributed by atoms with Gasteiger partial charge in [-0.25, -0.2) is 9.97 Å². The molecule has 3 rings (SSSR count). The van der Waals surface area contributed by atoms with Crippen LogP contribution in [0.15, 0.2) is 6.07 Å². The Balaban J connectivity index is 1.78. The van der Waals surface area contributed by atoms with E-state index in [1.807, 2.05) is 7.05 Å². The zero-order valence-corrected chi connectivity index (χ0v) is 11.5. The van der Waals surface area contributed by atoms with Gasteiger partial charge in [-0.2, -0.15) is 0 Å². The van der Waals surface area contributed by atoms with Crippen molar-refractivity contribution in [1.29, 1.82) is 0 Å². The van der Waals surface area contributed by atoms with Gasteiger partial charge in [0.1, 0.15) is 17.5 Å². The van der Waals surface area contributed by atoms with E-state index in [2.05, 4.69) is 35.2 Å². The Morgan fingerprint density at radius 3 is 2.67 bits per heavy atom. The quantitative estimate of drug-likeness (QED) is 0.866. The smallest absolute Gasteiger partial charge is 0.136 e. The number of aromatic nitrogens is 2. The first-order valence-electron chi connectivity index (χ1n) is 6.95. The van der Waals surface area contributed by atoms with Crippen LogP contribution in [0.1, 0.15) is 37.9 Å². The maximum atomic E-state index is 4.72. The van der Waals surface area contributed by atoms with Crippen molar-refractivity contribution in [3.63, 3.8) is 0 Å². The molecule has 2 unspecified atom stereocenters. The molecule has 2 fully saturated rings. The molecule has 1 aromatic heterocycles. The molecule has 0 saturated heterocycles. The van der Waals surface area contributed by atoms with Crippen LogP contribution in [0.5, 0.6) is 0 Å². The van der Waals surface area contributed by atoms with E-state index in [9.17, 15) is 0 Å². The monoisotopic (exact) mass is 246 g/mol. The molecule has 1 heterocycles. The van der Waals surface area contributed by atoms with E-state index in [4.69, 9.17) is 4.98 Å². The average molecular weight is 246 g/mol. The summed E-state index contributed by atoms with van der Waals surface area (Å²) in [6, 6.07) is 2.05. The van der Waals surface area contributed by atoms with Gasteiger partial charge in [-0.3, -0.25) is 0 Å². The molecule has 2 aliphatic rings. The fourth-order valence-corrected chi connectivity index (χ4v) is 2.40. The van der Waals surface area contributed by atoms with Gasteiger partial charge in [-0.05, 0) is 31.1 Å². The van der Waals surface area contributed by atoms with Crippen molar-refractivity contribution in [2.45, 2.75) is 32.1 Å². The van der Waals surface area contributed by atoms with Crippen LogP contribution in [0.25, 0.3) is 0 Å². The topological polar surface area (TPSA) is 41.0 Å². The lowest BCUT2D eigenvalue weighted by atomic mass is 10.3. The third-order valence-electron chi connectivity index (χ3n) is 4.10. The highest BCUT2D eigenvalue weighted by atomic mass is 15.2. The minimum atomic E-state index is 0.602. The largest absolute Gasteiger partial charge is 0.373 e. The Morgan fingerprint density at radius 1 is 1.39 bits per heavy atom. The highest BCUT2D eigenvalue weighted by Gasteiger charge is 2.34. The summed E-state index contributed by atoms with van der Waals surface area (Å²) in [6.07, 6.45) is 3.86. The molecular formula is C14H22N4. The van der Waals surface area contributed by atoms with Crippen LogP contribution >= 0.6 is 0 Å². The lowest BCUT2D eigenvalue weighted by Crippen LogP contribution is -2.22. The molecule has 4 nitrogen and oxygen atoms in total. The van der Waals surface area contributed by atoms with Gasteiger partial charge in [0.25, 0.3) is 0 Å². The van der Waals surface area contributed by atoms with Gasteiger partial charge in [0.2, 0.25) is 0 Å². The van der Waals surface area contributed by atoms with Crippen molar-refractivity contribution in [3.8, 4) is 0 Å². The van der Waals surface area contributed by atoms with E-state index in [1.54, 1.807) is 0 Å². The number of hydrogen-bond donors (Lipinski definition) is 1. The summed E-state index contributed by atoms with van der Waals surface area (Å²) in [7, 11) is 4.06. The summed E-state index contributed by atoms with van der Waals surface area (Å²) in [4.78, 5) is 11.6. The Hall–Kier alpha value is -1.32. The molecule has 0 amide bonds. The maximum Gasteiger partial charge on any atom is 0.136 e. The molecule has 1 aromatic rings. The SMILES string of the molecule is CNc1cc(N(C)CC2CC2C)nc(C2CC2)n1. The first-order valence-corrected chi connectivity index (χ1v) is 6.95. The van der Waals surface area contributed by atoms with Crippen LogP contribution in [0.2, 0.25) is 0 Å². The Kier molecular flexibility index (Phi) is 2.88. The maximum absolute atomic E-state index is 4.72. The lowest BCUT2D eigenvalue weighted by Gasteiger charge is -2.19. The normalized spacial score (nSPS) is 25.9. The number of nitrogens with one attached hydrogen (secondary N) is 1. The summed E-state index contributed by atoms with van der Waals surface area (Å²) in [5, 5.41) is 3.15.